The Morgan fingerprint density at radius 2 is 1.95 bits per heavy atom. The molecular formula is C13H9Cl2N3O2S. The van der Waals surface area contributed by atoms with Crippen LogP contribution in [-0.4, -0.2) is 18.0 Å². The molecule has 2 aromatic rings. The summed E-state index contributed by atoms with van der Waals surface area (Å²) in [6.07, 6.45) is 1.45. The van der Waals surface area contributed by atoms with E-state index in [0.717, 1.165) is 4.88 Å². The van der Waals surface area contributed by atoms with E-state index < -0.39 is 11.8 Å². The van der Waals surface area contributed by atoms with Crippen LogP contribution in [0.1, 0.15) is 4.88 Å². The SMILES string of the molecule is O=C(N/N=C\c1cccs1)C(=O)Nc1ccc(Cl)c(Cl)c1. The first-order chi connectivity index (χ1) is 10.1. The van der Waals surface area contributed by atoms with E-state index in [1.165, 1.54) is 35.8 Å². The molecule has 0 saturated carbocycles. The minimum Gasteiger partial charge on any atom is -0.318 e. The Labute approximate surface area is 134 Å². The molecule has 108 valence electrons. The largest absolute Gasteiger partial charge is 0.329 e. The van der Waals surface area contributed by atoms with Crippen molar-refractivity contribution < 1.29 is 9.59 Å². The summed E-state index contributed by atoms with van der Waals surface area (Å²) in [5.41, 5.74) is 2.50. The number of halogens is 2. The monoisotopic (exact) mass is 341 g/mol. The number of benzene rings is 1. The predicted octanol–water partition coefficient (Wildman–Crippen LogP) is 3.14. The van der Waals surface area contributed by atoms with Crippen LogP contribution in [0.15, 0.2) is 40.8 Å². The lowest BCUT2D eigenvalue weighted by Crippen LogP contribution is -2.32. The summed E-state index contributed by atoms with van der Waals surface area (Å²) in [5, 5.41) is 8.59. The van der Waals surface area contributed by atoms with Gasteiger partial charge < -0.3 is 5.32 Å². The standard InChI is InChI=1S/C13H9Cl2N3O2S/c14-10-4-3-8(6-11(10)15)17-12(19)13(20)18-16-7-9-2-1-5-21-9/h1-7H,(H,17,19)(H,18,20)/b16-7-. The van der Waals surface area contributed by atoms with Crippen molar-refractivity contribution in [3.05, 3.63) is 50.6 Å². The van der Waals surface area contributed by atoms with E-state index in [-0.39, 0.29) is 5.02 Å². The van der Waals surface area contributed by atoms with Crippen molar-refractivity contribution in [2.45, 2.75) is 0 Å². The number of thiophene rings is 1. The van der Waals surface area contributed by atoms with Crippen molar-refractivity contribution in [2.75, 3.05) is 5.32 Å². The zero-order chi connectivity index (χ0) is 15.2. The molecule has 1 aromatic heterocycles. The molecule has 0 atom stereocenters. The summed E-state index contributed by atoms with van der Waals surface area (Å²) in [7, 11) is 0. The third kappa shape index (κ3) is 4.56. The Bertz CT molecular complexity index is 687. The molecule has 0 bridgehead atoms. The van der Waals surface area contributed by atoms with E-state index in [1.54, 1.807) is 0 Å². The molecular weight excluding hydrogens is 333 g/mol. The van der Waals surface area contributed by atoms with Gasteiger partial charge in [0.05, 0.1) is 16.3 Å². The Hall–Kier alpha value is -1.89. The maximum Gasteiger partial charge on any atom is 0.329 e. The van der Waals surface area contributed by atoms with Gasteiger partial charge in [-0.3, -0.25) is 9.59 Å². The van der Waals surface area contributed by atoms with Crippen molar-refractivity contribution in [1.29, 1.82) is 0 Å². The van der Waals surface area contributed by atoms with Gasteiger partial charge in [0.15, 0.2) is 0 Å². The van der Waals surface area contributed by atoms with Crippen LogP contribution in [0, 0.1) is 0 Å². The number of carbonyl (C=O) groups excluding carboxylic acids is 2. The highest BCUT2D eigenvalue weighted by atomic mass is 35.5. The highest BCUT2D eigenvalue weighted by Crippen LogP contribution is 2.24. The van der Waals surface area contributed by atoms with Crippen LogP contribution in [-0.2, 0) is 9.59 Å². The van der Waals surface area contributed by atoms with Crippen molar-refractivity contribution in [2.24, 2.45) is 5.10 Å². The number of nitrogens with zero attached hydrogens (tertiary/aromatic N) is 1. The first kappa shape index (κ1) is 15.5. The fourth-order valence-corrected chi connectivity index (χ4v) is 2.21. The lowest BCUT2D eigenvalue weighted by Gasteiger charge is -2.04. The Morgan fingerprint density at radius 3 is 2.62 bits per heavy atom. The molecule has 0 aliphatic carbocycles. The van der Waals surface area contributed by atoms with Gasteiger partial charge in [0.25, 0.3) is 0 Å². The molecule has 0 unspecified atom stereocenters. The van der Waals surface area contributed by atoms with Gasteiger partial charge in [0.2, 0.25) is 0 Å². The zero-order valence-electron chi connectivity index (χ0n) is 10.5. The molecule has 0 aliphatic rings. The second-order valence-electron chi connectivity index (χ2n) is 3.80. The molecule has 21 heavy (non-hydrogen) atoms. The van der Waals surface area contributed by atoms with E-state index in [9.17, 15) is 9.59 Å². The van der Waals surface area contributed by atoms with Crippen molar-refractivity contribution in [3.63, 3.8) is 0 Å². The third-order valence-electron chi connectivity index (χ3n) is 2.28. The predicted molar refractivity (Wildman–Crippen MR) is 85.1 cm³/mol. The number of anilines is 1. The lowest BCUT2D eigenvalue weighted by atomic mass is 10.3. The minimum absolute atomic E-state index is 0.283. The summed E-state index contributed by atoms with van der Waals surface area (Å²) in [5.74, 6) is -1.73. The van der Waals surface area contributed by atoms with Crippen LogP contribution in [0.5, 0.6) is 0 Å². The van der Waals surface area contributed by atoms with Gasteiger partial charge >= 0.3 is 11.8 Å². The van der Waals surface area contributed by atoms with Gasteiger partial charge in [0, 0.05) is 10.6 Å². The molecule has 1 aromatic carbocycles. The third-order valence-corrected chi connectivity index (χ3v) is 3.83. The summed E-state index contributed by atoms with van der Waals surface area (Å²) in [6, 6.07) is 8.19. The summed E-state index contributed by atoms with van der Waals surface area (Å²) in [4.78, 5) is 24.0. The average Bonchev–Trinajstić information content (AvgIpc) is 2.96. The van der Waals surface area contributed by atoms with E-state index >= 15 is 0 Å². The van der Waals surface area contributed by atoms with Crippen molar-refractivity contribution >= 4 is 58.3 Å². The van der Waals surface area contributed by atoms with Gasteiger partial charge in [-0.2, -0.15) is 5.10 Å². The average molecular weight is 342 g/mol. The molecule has 8 heteroatoms. The number of nitrogens with one attached hydrogen (secondary N) is 2. The smallest absolute Gasteiger partial charge is 0.318 e. The summed E-state index contributed by atoms with van der Waals surface area (Å²) < 4.78 is 0. The van der Waals surface area contributed by atoms with Gasteiger partial charge in [-0.15, -0.1) is 11.3 Å². The second kappa shape index (κ2) is 7.21. The normalized spacial score (nSPS) is 10.6. The molecule has 2 amide bonds. The van der Waals surface area contributed by atoms with Crippen molar-refractivity contribution in [3.8, 4) is 0 Å². The maximum atomic E-state index is 11.6. The van der Waals surface area contributed by atoms with Crippen molar-refractivity contribution in [1.82, 2.24) is 5.43 Å². The molecule has 0 saturated heterocycles. The summed E-state index contributed by atoms with van der Waals surface area (Å²) in [6.45, 7) is 0. The molecule has 1 heterocycles. The Balaban J connectivity index is 1.90. The minimum atomic E-state index is -0.881. The number of hydrogen-bond acceptors (Lipinski definition) is 4. The molecule has 0 spiro atoms. The van der Waals surface area contributed by atoms with Crippen LogP contribution in [0.2, 0.25) is 10.0 Å². The van der Waals surface area contributed by atoms with E-state index in [4.69, 9.17) is 23.2 Å². The second-order valence-corrected chi connectivity index (χ2v) is 5.59. The quantitative estimate of drug-likeness (QED) is 0.511. The van der Waals surface area contributed by atoms with Gasteiger partial charge in [-0.1, -0.05) is 29.3 Å². The van der Waals surface area contributed by atoms with Gasteiger partial charge in [0.1, 0.15) is 0 Å². The molecule has 5 nitrogen and oxygen atoms in total. The number of hydrazone groups is 1. The van der Waals surface area contributed by atoms with Crippen LogP contribution in [0.4, 0.5) is 5.69 Å². The van der Waals surface area contributed by atoms with Crippen LogP contribution >= 0.6 is 34.5 Å². The molecule has 0 radical (unpaired) electrons. The van der Waals surface area contributed by atoms with Gasteiger partial charge in [-0.25, -0.2) is 5.43 Å². The van der Waals surface area contributed by atoms with Gasteiger partial charge in [-0.05, 0) is 29.6 Å². The number of rotatable bonds is 3. The van der Waals surface area contributed by atoms with Crippen LogP contribution in [0.3, 0.4) is 0 Å². The van der Waals surface area contributed by atoms with E-state index in [0.29, 0.717) is 10.7 Å². The molecule has 2 rings (SSSR count). The maximum absolute atomic E-state index is 11.6. The van der Waals surface area contributed by atoms with E-state index in [1.807, 2.05) is 17.5 Å². The van der Waals surface area contributed by atoms with Crippen LogP contribution < -0.4 is 10.7 Å². The first-order valence-corrected chi connectivity index (χ1v) is 7.33. The molecule has 2 N–H and O–H groups in total. The highest BCUT2D eigenvalue weighted by Gasteiger charge is 2.13. The number of amides is 2. The van der Waals surface area contributed by atoms with E-state index in [2.05, 4.69) is 15.8 Å². The molecule has 0 aliphatic heterocycles. The Morgan fingerprint density at radius 1 is 1.14 bits per heavy atom. The lowest BCUT2D eigenvalue weighted by molar-refractivity contribution is -0.136. The Kier molecular flexibility index (Phi) is 5.32. The zero-order valence-corrected chi connectivity index (χ0v) is 12.8. The number of hydrogen-bond donors (Lipinski definition) is 2. The number of carbonyl (C=O) groups is 2. The fourth-order valence-electron chi connectivity index (χ4n) is 1.33. The highest BCUT2D eigenvalue weighted by molar-refractivity contribution is 7.11. The topological polar surface area (TPSA) is 70.6 Å². The fraction of sp³-hybridized carbons (Fsp3) is 0. The van der Waals surface area contributed by atoms with Crippen LogP contribution in [0.25, 0.3) is 0 Å². The summed E-state index contributed by atoms with van der Waals surface area (Å²) >= 11 is 13.0. The first-order valence-electron chi connectivity index (χ1n) is 5.69. The molecule has 0 fully saturated rings.